The Hall–Kier alpha value is -4.12. The molecular weight excluding hydrogens is 480 g/mol. The normalized spacial score (nSPS) is 17.5. The zero-order valence-corrected chi connectivity index (χ0v) is 20.5. The number of carbonyl (C=O) groups is 4. The van der Waals surface area contributed by atoms with E-state index in [1.54, 1.807) is 24.3 Å². The zero-order valence-electron chi connectivity index (χ0n) is 20.5. The van der Waals surface area contributed by atoms with Gasteiger partial charge in [0.15, 0.2) is 0 Å². The van der Waals surface area contributed by atoms with Crippen LogP contribution < -0.4 is 16.4 Å². The molecule has 2 aromatic rings. The number of nitrogens with zero attached hydrogens (tertiary/aromatic N) is 1. The minimum Gasteiger partial charge on any atom is -0.508 e. The molecule has 1 aliphatic rings. The molecule has 0 saturated carbocycles. The summed E-state index contributed by atoms with van der Waals surface area (Å²) in [7, 11) is 0. The van der Waals surface area contributed by atoms with Gasteiger partial charge in [-0.1, -0.05) is 24.3 Å². The Morgan fingerprint density at radius 3 is 1.86 bits per heavy atom. The van der Waals surface area contributed by atoms with E-state index >= 15 is 0 Å². The van der Waals surface area contributed by atoms with Crippen LogP contribution >= 0.6 is 0 Å². The van der Waals surface area contributed by atoms with Gasteiger partial charge in [0.25, 0.3) is 0 Å². The fraction of sp³-hybridized carbons (Fsp3) is 0.385. The SMILES string of the molecule is CC(N)C(=O)NC(Cc1ccc(O)cc1)C(=O)NC(Cc1ccc(O)cc1)C(=O)N1CCCC1C(=O)O. The lowest BCUT2D eigenvalue weighted by Gasteiger charge is -2.29. The third kappa shape index (κ3) is 7.43. The molecule has 0 bridgehead atoms. The van der Waals surface area contributed by atoms with Gasteiger partial charge in [0.1, 0.15) is 29.6 Å². The Kier molecular flexibility index (Phi) is 9.07. The molecule has 11 nitrogen and oxygen atoms in total. The first-order valence-electron chi connectivity index (χ1n) is 12.0. The first-order chi connectivity index (χ1) is 17.5. The monoisotopic (exact) mass is 512 g/mol. The van der Waals surface area contributed by atoms with Crippen molar-refractivity contribution in [3.63, 3.8) is 0 Å². The van der Waals surface area contributed by atoms with Crippen molar-refractivity contribution in [2.75, 3.05) is 6.54 Å². The highest BCUT2D eigenvalue weighted by Crippen LogP contribution is 2.20. The molecule has 4 unspecified atom stereocenters. The number of benzene rings is 2. The van der Waals surface area contributed by atoms with Crippen molar-refractivity contribution in [2.45, 2.75) is 56.8 Å². The van der Waals surface area contributed by atoms with Gasteiger partial charge >= 0.3 is 5.97 Å². The first-order valence-corrected chi connectivity index (χ1v) is 12.0. The number of likely N-dealkylation sites (tertiary alicyclic amines) is 1. The van der Waals surface area contributed by atoms with Crippen molar-refractivity contribution in [1.82, 2.24) is 15.5 Å². The highest BCUT2D eigenvalue weighted by Gasteiger charge is 2.38. The van der Waals surface area contributed by atoms with E-state index in [9.17, 15) is 34.5 Å². The van der Waals surface area contributed by atoms with E-state index in [1.165, 1.54) is 36.1 Å². The third-order valence-corrected chi connectivity index (χ3v) is 6.23. The smallest absolute Gasteiger partial charge is 0.326 e. The number of carbonyl (C=O) groups excluding carboxylic acids is 3. The summed E-state index contributed by atoms with van der Waals surface area (Å²) in [4.78, 5) is 52.2. The number of phenols is 2. The molecular formula is C26H32N4O7. The first kappa shape index (κ1) is 27.5. The van der Waals surface area contributed by atoms with Crippen LogP contribution in [0.5, 0.6) is 11.5 Å². The molecule has 2 aromatic carbocycles. The quantitative estimate of drug-likeness (QED) is 0.262. The number of amides is 3. The molecule has 1 heterocycles. The number of nitrogens with one attached hydrogen (secondary N) is 2. The number of aromatic hydroxyl groups is 2. The minimum atomic E-state index is -1.12. The van der Waals surface area contributed by atoms with E-state index in [0.29, 0.717) is 24.0 Å². The summed E-state index contributed by atoms with van der Waals surface area (Å²) in [5.74, 6) is -2.80. The molecule has 3 rings (SSSR count). The van der Waals surface area contributed by atoms with Gasteiger partial charge in [0, 0.05) is 19.4 Å². The molecule has 1 saturated heterocycles. The number of nitrogens with two attached hydrogens (primary N) is 1. The van der Waals surface area contributed by atoms with Gasteiger partial charge in [-0.05, 0) is 55.2 Å². The molecule has 0 aliphatic carbocycles. The molecule has 37 heavy (non-hydrogen) atoms. The van der Waals surface area contributed by atoms with Gasteiger partial charge in [-0.2, -0.15) is 0 Å². The van der Waals surface area contributed by atoms with Crippen LogP contribution in [0.2, 0.25) is 0 Å². The van der Waals surface area contributed by atoms with E-state index < -0.39 is 47.9 Å². The molecule has 1 aliphatic heterocycles. The molecule has 7 N–H and O–H groups in total. The van der Waals surface area contributed by atoms with Gasteiger partial charge < -0.3 is 36.6 Å². The van der Waals surface area contributed by atoms with Gasteiger partial charge in [-0.3, -0.25) is 14.4 Å². The van der Waals surface area contributed by atoms with Crippen LogP contribution in [0.25, 0.3) is 0 Å². The predicted octanol–water partition coefficient (Wildman–Crippen LogP) is 0.275. The number of phenolic OH excluding ortho intramolecular Hbond substituents is 2. The molecule has 0 spiro atoms. The van der Waals surface area contributed by atoms with Gasteiger partial charge in [0.05, 0.1) is 6.04 Å². The molecule has 0 aromatic heterocycles. The van der Waals surface area contributed by atoms with Crippen molar-refractivity contribution in [3.8, 4) is 11.5 Å². The summed E-state index contributed by atoms with van der Waals surface area (Å²) in [6.45, 7) is 1.72. The molecule has 4 atom stereocenters. The van der Waals surface area contributed by atoms with Crippen LogP contribution in [-0.4, -0.2) is 74.6 Å². The Morgan fingerprint density at radius 1 is 0.892 bits per heavy atom. The summed E-state index contributed by atoms with van der Waals surface area (Å²) in [5.41, 5.74) is 6.96. The van der Waals surface area contributed by atoms with Crippen molar-refractivity contribution >= 4 is 23.7 Å². The second kappa shape index (κ2) is 12.2. The average Bonchev–Trinajstić information content (AvgIpc) is 3.35. The lowest BCUT2D eigenvalue weighted by molar-refractivity contribution is -0.149. The van der Waals surface area contributed by atoms with Crippen LogP contribution in [0.15, 0.2) is 48.5 Å². The predicted molar refractivity (Wildman–Crippen MR) is 134 cm³/mol. The van der Waals surface area contributed by atoms with Crippen molar-refractivity contribution < 1.29 is 34.5 Å². The van der Waals surface area contributed by atoms with Crippen molar-refractivity contribution in [2.24, 2.45) is 5.73 Å². The van der Waals surface area contributed by atoms with Crippen molar-refractivity contribution in [3.05, 3.63) is 59.7 Å². The van der Waals surface area contributed by atoms with Gasteiger partial charge in [0.2, 0.25) is 17.7 Å². The second-order valence-electron chi connectivity index (χ2n) is 9.18. The largest absolute Gasteiger partial charge is 0.508 e. The number of carboxylic acids is 1. The van der Waals surface area contributed by atoms with E-state index in [4.69, 9.17) is 5.73 Å². The molecule has 198 valence electrons. The Labute approximate surface area is 214 Å². The Morgan fingerprint density at radius 2 is 1.38 bits per heavy atom. The van der Waals surface area contributed by atoms with E-state index in [2.05, 4.69) is 10.6 Å². The van der Waals surface area contributed by atoms with Crippen LogP contribution in [0, 0.1) is 0 Å². The van der Waals surface area contributed by atoms with Crippen molar-refractivity contribution in [1.29, 1.82) is 0 Å². The van der Waals surface area contributed by atoms with Gasteiger partial charge in [-0.25, -0.2) is 4.79 Å². The van der Waals surface area contributed by atoms with Crippen LogP contribution in [-0.2, 0) is 32.0 Å². The lowest BCUT2D eigenvalue weighted by atomic mass is 10.0. The van der Waals surface area contributed by atoms with E-state index in [-0.39, 0.29) is 30.9 Å². The summed E-state index contributed by atoms with van der Waals surface area (Å²) in [5, 5.41) is 34.0. The average molecular weight is 513 g/mol. The zero-order chi connectivity index (χ0) is 27.1. The number of hydrogen-bond acceptors (Lipinski definition) is 7. The third-order valence-electron chi connectivity index (χ3n) is 6.23. The number of carboxylic acid groups (broad SMARTS) is 1. The second-order valence-corrected chi connectivity index (χ2v) is 9.18. The maximum Gasteiger partial charge on any atom is 0.326 e. The van der Waals surface area contributed by atoms with Crippen LogP contribution in [0.1, 0.15) is 30.9 Å². The fourth-order valence-electron chi connectivity index (χ4n) is 4.21. The van der Waals surface area contributed by atoms with Crippen LogP contribution in [0.4, 0.5) is 0 Å². The minimum absolute atomic E-state index is 0.0359. The van der Waals surface area contributed by atoms with E-state index in [0.717, 1.165) is 0 Å². The highest BCUT2D eigenvalue weighted by molar-refractivity contribution is 5.94. The maximum absolute atomic E-state index is 13.5. The number of rotatable bonds is 10. The fourth-order valence-corrected chi connectivity index (χ4v) is 4.21. The summed E-state index contributed by atoms with van der Waals surface area (Å²) in [6.07, 6.45) is 0.943. The Bertz CT molecular complexity index is 1120. The number of hydrogen-bond donors (Lipinski definition) is 6. The summed E-state index contributed by atoms with van der Waals surface area (Å²) < 4.78 is 0. The van der Waals surface area contributed by atoms with E-state index in [1.807, 2.05) is 0 Å². The molecule has 1 fully saturated rings. The summed E-state index contributed by atoms with van der Waals surface area (Å²) in [6, 6.07) is 8.14. The maximum atomic E-state index is 13.5. The van der Waals surface area contributed by atoms with Gasteiger partial charge in [-0.15, -0.1) is 0 Å². The standard InChI is InChI=1S/C26H32N4O7/c1-15(27)23(33)28-20(13-16-4-8-18(31)9-5-16)24(34)29-21(14-17-6-10-19(32)11-7-17)25(35)30-12-2-3-22(30)26(36)37/h4-11,15,20-22,31-32H,2-3,12-14,27H2,1H3,(H,28,33)(H,29,34)(H,36,37). The highest BCUT2D eigenvalue weighted by atomic mass is 16.4. The number of aliphatic carboxylic acids is 1. The molecule has 11 heteroatoms. The summed E-state index contributed by atoms with van der Waals surface area (Å²) >= 11 is 0. The molecule has 0 radical (unpaired) electrons. The van der Waals surface area contributed by atoms with Crippen LogP contribution in [0.3, 0.4) is 0 Å². The topological polar surface area (TPSA) is 182 Å². The molecule has 3 amide bonds. The lowest BCUT2D eigenvalue weighted by Crippen LogP contribution is -2.58. The Balaban J connectivity index is 1.86.